The Morgan fingerprint density at radius 2 is 1.88 bits per heavy atom. The van der Waals surface area contributed by atoms with Crippen molar-refractivity contribution in [3.8, 4) is 5.75 Å². The number of hydrogen-bond donors (Lipinski definition) is 2. The standard InChI is InChI=1S/C16H17ClN2O4S/c1-10-4-5-12(17)8-16(10)24(21,22)19-13-6-7-14(18-11(2)20)15(9-13)23-3/h4-9,19H,1-3H3,(H,18,20). The van der Waals surface area contributed by atoms with E-state index in [0.29, 0.717) is 27.7 Å². The summed E-state index contributed by atoms with van der Waals surface area (Å²) in [6, 6.07) is 9.23. The Bertz CT molecular complexity index is 882. The molecule has 0 bridgehead atoms. The highest BCUT2D eigenvalue weighted by Crippen LogP contribution is 2.30. The van der Waals surface area contributed by atoms with Gasteiger partial charge in [0.15, 0.2) is 0 Å². The molecule has 128 valence electrons. The van der Waals surface area contributed by atoms with E-state index in [9.17, 15) is 13.2 Å². The zero-order valence-electron chi connectivity index (χ0n) is 13.4. The summed E-state index contributed by atoms with van der Waals surface area (Å²) in [4.78, 5) is 11.3. The van der Waals surface area contributed by atoms with Crippen LogP contribution >= 0.6 is 11.6 Å². The van der Waals surface area contributed by atoms with Gasteiger partial charge in [0.25, 0.3) is 10.0 Å². The maximum absolute atomic E-state index is 12.6. The zero-order valence-corrected chi connectivity index (χ0v) is 15.0. The molecule has 2 rings (SSSR count). The zero-order chi connectivity index (χ0) is 17.9. The number of benzene rings is 2. The Kier molecular flexibility index (Phi) is 5.36. The van der Waals surface area contributed by atoms with Crippen molar-refractivity contribution >= 4 is 38.9 Å². The van der Waals surface area contributed by atoms with Crippen molar-refractivity contribution in [1.29, 1.82) is 0 Å². The topological polar surface area (TPSA) is 84.5 Å². The number of aryl methyl sites for hydroxylation is 1. The summed E-state index contributed by atoms with van der Waals surface area (Å²) in [6.45, 7) is 3.06. The maximum atomic E-state index is 12.6. The van der Waals surface area contributed by atoms with Crippen molar-refractivity contribution in [2.45, 2.75) is 18.7 Å². The molecule has 2 aromatic rings. The first-order valence-electron chi connectivity index (χ1n) is 6.97. The van der Waals surface area contributed by atoms with Crippen LogP contribution in [0.2, 0.25) is 5.02 Å². The van der Waals surface area contributed by atoms with E-state index in [2.05, 4.69) is 10.0 Å². The first-order chi connectivity index (χ1) is 11.2. The third-order valence-electron chi connectivity index (χ3n) is 3.20. The van der Waals surface area contributed by atoms with Crippen LogP contribution in [-0.4, -0.2) is 21.4 Å². The second-order valence-electron chi connectivity index (χ2n) is 5.11. The predicted octanol–water partition coefficient (Wildman–Crippen LogP) is 3.42. The molecule has 2 aromatic carbocycles. The SMILES string of the molecule is COc1cc(NS(=O)(=O)c2cc(Cl)ccc2C)ccc1NC(C)=O. The molecular formula is C16H17ClN2O4S. The van der Waals surface area contributed by atoms with E-state index in [1.807, 2.05) is 0 Å². The van der Waals surface area contributed by atoms with Gasteiger partial charge < -0.3 is 10.1 Å². The number of ether oxygens (including phenoxy) is 1. The van der Waals surface area contributed by atoms with Gasteiger partial charge in [-0.3, -0.25) is 9.52 Å². The molecule has 24 heavy (non-hydrogen) atoms. The van der Waals surface area contributed by atoms with E-state index in [-0.39, 0.29) is 10.8 Å². The van der Waals surface area contributed by atoms with Crippen molar-refractivity contribution in [3.63, 3.8) is 0 Å². The molecule has 2 N–H and O–H groups in total. The monoisotopic (exact) mass is 368 g/mol. The molecule has 1 amide bonds. The van der Waals surface area contributed by atoms with Crippen LogP contribution in [0.5, 0.6) is 5.75 Å². The third-order valence-corrected chi connectivity index (χ3v) is 4.96. The lowest BCUT2D eigenvalue weighted by molar-refractivity contribution is -0.114. The van der Waals surface area contributed by atoms with Crippen molar-refractivity contribution in [1.82, 2.24) is 0 Å². The summed E-state index contributed by atoms with van der Waals surface area (Å²) in [5.41, 5.74) is 1.33. The van der Waals surface area contributed by atoms with Gasteiger partial charge in [0, 0.05) is 18.0 Å². The van der Waals surface area contributed by atoms with Crippen LogP contribution in [-0.2, 0) is 14.8 Å². The molecule has 0 atom stereocenters. The van der Waals surface area contributed by atoms with Gasteiger partial charge in [-0.15, -0.1) is 0 Å². The Hall–Kier alpha value is -2.25. The smallest absolute Gasteiger partial charge is 0.262 e. The van der Waals surface area contributed by atoms with Crippen molar-refractivity contribution in [3.05, 3.63) is 47.0 Å². The number of carbonyl (C=O) groups excluding carboxylic acids is 1. The van der Waals surface area contributed by atoms with E-state index in [1.165, 1.54) is 32.2 Å². The van der Waals surface area contributed by atoms with Crippen molar-refractivity contribution in [2.24, 2.45) is 0 Å². The number of rotatable bonds is 5. The van der Waals surface area contributed by atoms with E-state index in [1.54, 1.807) is 25.1 Å². The average molecular weight is 369 g/mol. The van der Waals surface area contributed by atoms with Crippen LogP contribution in [0.25, 0.3) is 0 Å². The number of halogens is 1. The molecule has 0 fully saturated rings. The fraction of sp³-hybridized carbons (Fsp3) is 0.188. The first-order valence-corrected chi connectivity index (χ1v) is 8.83. The van der Waals surface area contributed by atoms with Crippen LogP contribution < -0.4 is 14.8 Å². The van der Waals surface area contributed by atoms with E-state index >= 15 is 0 Å². The Balaban J connectivity index is 2.36. The third kappa shape index (κ3) is 4.18. The second kappa shape index (κ2) is 7.11. The molecule has 6 nitrogen and oxygen atoms in total. The van der Waals surface area contributed by atoms with Gasteiger partial charge in [0.2, 0.25) is 5.91 Å². The van der Waals surface area contributed by atoms with Crippen molar-refractivity contribution in [2.75, 3.05) is 17.1 Å². The van der Waals surface area contributed by atoms with Crippen LogP contribution in [0.4, 0.5) is 11.4 Å². The molecule has 0 aromatic heterocycles. The number of anilines is 2. The summed E-state index contributed by atoms with van der Waals surface area (Å²) in [6.07, 6.45) is 0. The Morgan fingerprint density at radius 1 is 1.17 bits per heavy atom. The molecule has 0 aliphatic heterocycles. The molecule has 8 heteroatoms. The number of sulfonamides is 1. The van der Waals surface area contributed by atoms with Crippen LogP contribution in [0.1, 0.15) is 12.5 Å². The minimum Gasteiger partial charge on any atom is -0.494 e. The molecule has 0 unspecified atom stereocenters. The molecule has 0 aliphatic carbocycles. The highest BCUT2D eigenvalue weighted by atomic mass is 35.5. The lowest BCUT2D eigenvalue weighted by atomic mass is 10.2. The van der Waals surface area contributed by atoms with Gasteiger partial charge in [0.1, 0.15) is 5.75 Å². The first kappa shape index (κ1) is 18.1. The molecule has 0 spiro atoms. The highest BCUT2D eigenvalue weighted by Gasteiger charge is 2.18. The predicted molar refractivity (Wildman–Crippen MR) is 94.3 cm³/mol. The van der Waals surface area contributed by atoms with Crippen LogP contribution in [0.15, 0.2) is 41.3 Å². The van der Waals surface area contributed by atoms with Crippen molar-refractivity contribution < 1.29 is 17.9 Å². The molecule has 0 saturated carbocycles. The second-order valence-corrected chi connectivity index (χ2v) is 7.20. The Morgan fingerprint density at radius 3 is 2.50 bits per heavy atom. The highest BCUT2D eigenvalue weighted by molar-refractivity contribution is 7.92. The van der Waals surface area contributed by atoms with Gasteiger partial charge in [-0.25, -0.2) is 8.42 Å². The van der Waals surface area contributed by atoms with Gasteiger partial charge in [-0.1, -0.05) is 17.7 Å². The fourth-order valence-corrected chi connectivity index (χ4v) is 3.68. The van der Waals surface area contributed by atoms with Gasteiger partial charge in [0.05, 0.1) is 23.4 Å². The molecule has 0 heterocycles. The average Bonchev–Trinajstić information content (AvgIpc) is 2.50. The van der Waals surface area contributed by atoms with E-state index in [0.717, 1.165) is 0 Å². The summed E-state index contributed by atoms with van der Waals surface area (Å²) >= 11 is 5.89. The molecule has 0 saturated heterocycles. The molecular weight excluding hydrogens is 352 g/mol. The summed E-state index contributed by atoms with van der Waals surface area (Å²) in [5, 5.41) is 2.94. The van der Waals surface area contributed by atoms with Gasteiger partial charge in [-0.05, 0) is 36.8 Å². The Labute approximate surface area is 145 Å². The quantitative estimate of drug-likeness (QED) is 0.846. The summed E-state index contributed by atoms with van der Waals surface area (Å²) in [5.74, 6) is 0.0874. The van der Waals surface area contributed by atoms with Gasteiger partial charge in [-0.2, -0.15) is 0 Å². The summed E-state index contributed by atoms with van der Waals surface area (Å²) in [7, 11) is -2.37. The fourth-order valence-electron chi connectivity index (χ4n) is 2.12. The number of hydrogen-bond acceptors (Lipinski definition) is 4. The van der Waals surface area contributed by atoms with Gasteiger partial charge >= 0.3 is 0 Å². The maximum Gasteiger partial charge on any atom is 0.262 e. The molecule has 0 radical (unpaired) electrons. The summed E-state index contributed by atoms with van der Waals surface area (Å²) < 4.78 is 32.8. The normalized spacial score (nSPS) is 11.0. The minimum absolute atomic E-state index is 0.0971. The van der Waals surface area contributed by atoms with Crippen LogP contribution in [0, 0.1) is 6.92 Å². The lowest BCUT2D eigenvalue weighted by Gasteiger charge is -2.14. The molecule has 0 aliphatic rings. The largest absolute Gasteiger partial charge is 0.494 e. The van der Waals surface area contributed by atoms with E-state index < -0.39 is 10.0 Å². The number of methoxy groups -OCH3 is 1. The van der Waals surface area contributed by atoms with E-state index in [4.69, 9.17) is 16.3 Å². The number of nitrogens with one attached hydrogen (secondary N) is 2. The minimum atomic E-state index is -3.80. The lowest BCUT2D eigenvalue weighted by Crippen LogP contribution is -2.14. The number of amides is 1. The van der Waals surface area contributed by atoms with Crippen LogP contribution in [0.3, 0.4) is 0 Å². The number of carbonyl (C=O) groups is 1.